The standard InChI is InChI=1S/C24H40O/c1-24(2,3)25-22-16-14-21(15-17-22)23(20-12-8-5-9-13-20)18-19-10-6-4-7-11-19/h14,16-17,19-21,23H,4-13,15,18H2,1-3H3/t21?,23-/m0/s1. The predicted molar refractivity (Wildman–Crippen MR) is 107 cm³/mol. The normalized spacial score (nSPS) is 27.8. The van der Waals surface area contributed by atoms with E-state index < -0.39 is 0 Å². The van der Waals surface area contributed by atoms with Gasteiger partial charge in [0, 0.05) is 0 Å². The quantitative estimate of drug-likeness (QED) is 0.504. The van der Waals surface area contributed by atoms with Crippen LogP contribution in [0.1, 0.15) is 97.8 Å². The Morgan fingerprint density at radius 3 is 2.16 bits per heavy atom. The summed E-state index contributed by atoms with van der Waals surface area (Å²) in [5, 5.41) is 0. The lowest BCUT2D eigenvalue weighted by Gasteiger charge is -2.38. The van der Waals surface area contributed by atoms with Gasteiger partial charge in [-0.2, -0.15) is 0 Å². The Morgan fingerprint density at radius 2 is 1.60 bits per heavy atom. The lowest BCUT2D eigenvalue weighted by Crippen LogP contribution is -2.28. The molecule has 25 heavy (non-hydrogen) atoms. The minimum atomic E-state index is -0.0894. The largest absolute Gasteiger partial charge is 0.489 e. The molecule has 0 N–H and O–H groups in total. The van der Waals surface area contributed by atoms with Crippen molar-refractivity contribution in [3.05, 3.63) is 24.0 Å². The van der Waals surface area contributed by atoms with Gasteiger partial charge >= 0.3 is 0 Å². The van der Waals surface area contributed by atoms with E-state index in [1.165, 1.54) is 77.0 Å². The Bertz CT molecular complexity index is 455. The fourth-order valence-electron chi connectivity index (χ4n) is 5.45. The molecule has 3 rings (SSSR count). The molecule has 0 bridgehead atoms. The van der Waals surface area contributed by atoms with Crippen molar-refractivity contribution in [3.8, 4) is 0 Å². The third-order valence-electron chi connectivity index (χ3n) is 6.66. The molecule has 0 aromatic heterocycles. The van der Waals surface area contributed by atoms with Crippen LogP contribution in [0.25, 0.3) is 0 Å². The Morgan fingerprint density at radius 1 is 0.960 bits per heavy atom. The first-order chi connectivity index (χ1) is 12.0. The second kappa shape index (κ2) is 8.78. The third-order valence-corrected chi connectivity index (χ3v) is 6.66. The lowest BCUT2D eigenvalue weighted by atomic mass is 9.67. The fraction of sp³-hybridized carbons (Fsp3) is 0.833. The number of hydrogen-bond donors (Lipinski definition) is 0. The minimum Gasteiger partial charge on any atom is -0.489 e. The maximum atomic E-state index is 6.08. The highest BCUT2D eigenvalue weighted by atomic mass is 16.5. The third kappa shape index (κ3) is 5.90. The van der Waals surface area contributed by atoms with Crippen molar-refractivity contribution >= 4 is 0 Å². The molecular weight excluding hydrogens is 304 g/mol. The van der Waals surface area contributed by atoms with Crippen molar-refractivity contribution in [3.63, 3.8) is 0 Å². The highest BCUT2D eigenvalue weighted by Crippen LogP contribution is 2.43. The van der Waals surface area contributed by atoms with Gasteiger partial charge in [-0.15, -0.1) is 0 Å². The maximum absolute atomic E-state index is 6.08. The average molecular weight is 345 g/mol. The number of hydrogen-bond acceptors (Lipinski definition) is 1. The molecule has 2 atom stereocenters. The SMILES string of the molecule is CC(C)(C)OC1=CCC([C@@H](CC2CCCCC2)C2CCCCC2)C=C1. The lowest BCUT2D eigenvalue weighted by molar-refractivity contribution is 0.0573. The summed E-state index contributed by atoms with van der Waals surface area (Å²) in [6.07, 6.45) is 24.6. The van der Waals surface area contributed by atoms with E-state index in [9.17, 15) is 0 Å². The molecule has 3 aliphatic carbocycles. The van der Waals surface area contributed by atoms with Crippen LogP contribution in [0.5, 0.6) is 0 Å². The summed E-state index contributed by atoms with van der Waals surface area (Å²) in [6.45, 7) is 6.42. The van der Waals surface area contributed by atoms with E-state index in [4.69, 9.17) is 4.74 Å². The van der Waals surface area contributed by atoms with Crippen LogP contribution in [-0.4, -0.2) is 5.60 Å². The Labute approximate surface area is 156 Å². The van der Waals surface area contributed by atoms with Crippen molar-refractivity contribution in [1.29, 1.82) is 0 Å². The fourth-order valence-corrected chi connectivity index (χ4v) is 5.45. The van der Waals surface area contributed by atoms with Gasteiger partial charge in [0.1, 0.15) is 11.4 Å². The zero-order valence-corrected chi connectivity index (χ0v) is 16.9. The molecule has 2 saturated carbocycles. The van der Waals surface area contributed by atoms with Crippen LogP contribution in [0.2, 0.25) is 0 Å². The second-order valence-electron chi connectivity index (χ2n) is 9.88. The second-order valence-corrected chi connectivity index (χ2v) is 9.88. The summed E-state index contributed by atoms with van der Waals surface area (Å²) >= 11 is 0. The molecule has 2 fully saturated rings. The van der Waals surface area contributed by atoms with Crippen LogP contribution < -0.4 is 0 Å². The van der Waals surface area contributed by atoms with Gasteiger partial charge in [-0.1, -0.05) is 70.3 Å². The molecule has 0 saturated heterocycles. The van der Waals surface area contributed by atoms with Crippen molar-refractivity contribution in [2.24, 2.45) is 23.7 Å². The molecule has 142 valence electrons. The Kier molecular flexibility index (Phi) is 6.69. The van der Waals surface area contributed by atoms with Gasteiger partial charge in [-0.3, -0.25) is 0 Å². The molecule has 1 nitrogen and oxygen atoms in total. The van der Waals surface area contributed by atoms with Gasteiger partial charge in [-0.05, 0) is 69.4 Å². The summed E-state index contributed by atoms with van der Waals surface area (Å²) in [6, 6.07) is 0. The molecule has 0 radical (unpaired) electrons. The number of ether oxygens (including phenoxy) is 1. The summed E-state index contributed by atoms with van der Waals surface area (Å²) in [4.78, 5) is 0. The molecular formula is C24H40O. The number of rotatable bonds is 5. The van der Waals surface area contributed by atoms with E-state index in [0.717, 1.165) is 29.4 Å². The maximum Gasteiger partial charge on any atom is 0.115 e. The van der Waals surface area contributed by atoms with Crippen LogP contribution in [0, 0.1) is 23.7 Å². The molecule has 0 aliphatic heterocycles. The van der Waals surface area contributed by atoms with E-state index in [2.05, 4.69) is 39.0 Å². The molecule has 3 aliphatic rings. The summed E-state index contributed by atoms with van der Waals surface area (Å²) in [5.74, 6) is 4.72. The van der Waals surface area contributed by atoms with Crippen molar-refractivity contribution in [1.82, 2.24) is 0 Å². The molecule has 0 aromatic rings. The molecule has 1 unspecified atom stereocenters. The van der Waals surface area contributed by atoms with Crippen LogP contribution in [-0.2, 0) is 4.74 Å². The molecule has 0 amide bonds. The zero-order valence-electron chi connectivity index (χ0n) is 16.9. The van der Waals surface area contributed by atoms with Crippen molar-refractivity contribution in [2.75, 3.05) is 0 Å². The van der Waals surface area contributed by atoms with Crippen LogP contribution >= 0.6 is 0 Å². The van der Waals surface area contributed by atoms with E-state index in [0.29, 0.717) is 0 Å². The van der Waals surface area contributed by atoms with Crippen LogP contribution in [0.4, 0.5) is 0 Å². The molecule has 0 aromatic carbocycles. The summed E-state index contributed by atoms with van der Waals surface area (Å²) < 4.78 is 6.08. The molecule has 0 heterocycles. The zero-order chi connectivity index (χ0) is 17.7. The van der Waals surface area contributed by atoms with Gasteiger partial charge in [0.05, 0.1) is 0 Å². The average Bonchev–Trinajstić information content (AvgIpc) is 2.61. The highest BCUT2D eigenvalue weighted by molar-refractivity contribution is 5.20. The topological polar surface area (TPSA) is 9.23 Å². The molecule has 1 heteroatoms. The highest BCUT2D eigenvalue weighted by Gasteiger charge is 2.32. The first-order valence-electron chi connectivity index (χ1n) is 11.1. The molecule has 0 spiro atoms. The summed E-state index contributed by atoms with van der Waals surface area (Å²) in [7, 11) is 0. The predicted octanol–water partition coefficient (Wildman–Crippen LogP) is 7.43. The van der Waals surface area contributed by atoms with Gasteiger partial charge in [0.2, 0.25) is 0 Å². The first-order valence-corrected chi connectivity index (χ1v) is 11.1. The van der Waals surface area contributed by atoms with Gasteiger partial charge < -0.3 is 4.74 Å². The smallest absolute Gasteiger partial charge is 0.115 e. The van der Waals surface area contributed by atoms with Crippen molar-refractivity contribution in [2.45, 2.75) is 103 Å². The van der Waals surface area contributed by atoms with E-state index in [1.807, 2.05) is 0 Å². The monoisotopic (exact) mass is 344 g/mol. The van der Waals surface area contributed by atoms with E-state index >= 15 is 0 Å². The van der Waals surface area contributed by atoms with Gasteiger partial charge in [0.25, 0.3) is 0 Å². The van der Waals surface area contributed by atoms with Crippen LogP contribution in [0.15, 0.2) is 24.0 Å². The Hall–Kier alpha value is -0.720. The van der Waals surface area contributed by atoms with Crippen LogP contribution in [0.3, 0.4) is 0 Å². The van der Waals surface area contributed by atoms with Crippen molar-refractivity contribution < 1.29 is 4.74 Å². The number of allylic oxidation sites excluding steroid dienone is 3. The first kappa shape index (κ1) is 19.1. The van der Waals surface area contributed by atoms with E-state index in [-0.39, 0.29) is 5.60 Å². The summed E-state index contributed by atoms with van der Waals surface area (Å²) in [5.41, 5.74) is -0.0894. The van der Waals surface area contributed by atoms with Gasteiger partial charge in [0.15, 0.2) is 0 Å². The Balaban J connectivity index is 1.63. The van der Waals surface area contributed by atoms with Gasteiger partial charge in [-0.25, -0.2) is 0 Å². The minimum absolute atomic E-state index is 0.0894. The van der Waals surface area contributed by atoms with E-state index in [1.54, 1.807) is 0 Å².